The molecule has 2 heteroatoms. The number of nitriles is 1. The summed E-state index contributed by atoms with van der Waals surface area (Å²) in [6.07, 6.45) is 3.78. The topological polar surface area (TPSA) is 44.0 Å². The van der Waals surface area contributed by atoms with Crippen molar-refractivity contribution in [2.75, 3.05) is 0 Å². The summed E-state index contributed by atoms with van der Waals surface area (Å²) >= 11 is 0. The van der Waals surface area contributed by atoms with Gasteiger partial charge in [-0.3, -0.25) is 0 Å². The maximum atomic E-state index is 9.63. The van der Waals surface area contributed by atoms with Crippen molar-refractivity contribution in [1.29, 1.82) is 5.26 Å². The SMILES string of the molecule is C/C=C(/C(C#N)=C/c1cccc(O)c1)c1ccccc1C(C)C. The molecule has 2 aromatic carbocycles. The molecule has 0 aliphatic carbocycles. The lowest BCUT2D eigenvalue weighted by Gasteiger charge is -2.15. The molecular weight excluding hydrogens is 282 g/mol. The molecule has 2 nitrogen and oxygen atoms in total. The number of allylic oxidation sites excluding steroid dienone is 3. The summed E-state index contributed by atoms with van der Waals surface area (Å²) in [6.45, 7) is 6.24. The fraction of sp³-hybridized carbons (Fsp3) is 0.190. The highest BCUT2D eigenvalue weighted by molar-refractivity contribution is 5.89. The first kappa shape index (κ1) is 16.6. The Morgan fingerprint density at radius 2 is 1.87 bits per heavy atom. The first-order chi connectivity index (χ1) is 11.1. The highest BCUT2D eigenvalue weighted by Crippen LogP contribution is 2.31. The van der Waals surface area contributed by atoms with E-state index in [2.05, 4.69) is 32.0 Å². The largest absolute Gasteiger partial charge is 0.508 e. The average molecular weight is 303 g/mol. The molecule has 0 unspecified atom stereocenters. The normalized spacial score (nSPS) is 12.3. The summed E-state index contributed by atoms with van der Waals surface area (Å²) in [5.74, 6) is 0.572. The van der Waals surface area contributed by atoms with Gasteiger partial charge >= 0.3 is 0 Å². The van der Waals surface area contributed by atoms with Crippen LogP contribution in [-0.2, 0) is 0 Å². The van der Waals surface area contributed by atoms with Crippen LogP contribution in [-0.4, -0.2) is 5.11 Å². The predicted octanol–water partition coefficient (Wildman–Crippen LogP) is 5.53. The van der Waals surface area contributed by atoms with Crippen LogP contribution >= 0.6 is 0 Å². The zero-order chi connectivity index (χ0) is 16.8. The van der Waals surface area contributed by atoms with Crippen molar-refractivity contribution < 1.29 is 5.11 Å². The van der Waals surface area contributed by atoms with Gasteiger partial charge in [0.1, 0.15) is 5.75 Å². The fourth-order valence-corrected chi connectivity index (χ4v) is 2.65. The Hall–Kier alpha value is -2.79. The molecule has 0 fully saturated rings. The number of benzene rings is 2. The number of nitrogens with zero attached hydrogens (tertiary/aromatic N) is 1. The Morgan fingerprint density at radius 1 is 1.13 bits per heavy atom. The van der Waals surface area contributed by atoms with Gasteiger partial charge in [0, 0.05) is 0 Å². The molecule has 0 saturated heterocycles. The molecule has 2 rings (SSSR count). The molecule has 0 aliphatic rings. The van der Waals surface area contributed by atoms with Gasteiger partial charge in [-0.2, -0.15) is 5.26 Å². The van der Waals surface area contributed by atoms with Crippen molar-refractivity contribution in [1.82, 2.24) is 0 Å². The number of hydrogen-bond donors (Lipinski definition) is 1. The molecule has 0 saturated carbocycles. The van der Waals surface area contributed by atoms with Crippen LogP contribution in [0.1, 0.15) is 43.4 Å². The van der Waals surface area contributed by atoms with E-state index < -0.39 is 0 Å². The quantitative estimate of drug-likeness (QED) is 0.596. The Kier molecular flexibility index (Phi) is 5.38. The van der Waals surface area contributed by atoms with Gasteiger partial charge in [-0.25, -0.2) is 0 Å². The van der Waals surface area contributed by atoms with E-state index in [9.17, 15) is 10.4 Å². The highest BCUT2D eigenvalue weighted by atomic mass is 16.3. The molecule has 1 N–H and O–H groups in total. The second kappa shape index (κ2) is 7.47. The third kappa shape index (κ3) is 3.90. The van der Waals surface area contributed by atoms with Crippen LogP contribution in [0, 0.1) is 11.3 Å². The number of aromatic hydroxyl groups is 1. The monoisotopic (exact) mass is 303 g/mol. The molecule has 0 aromatic heterocycles. The molecule has 0 amide bonds. The van der Waals surface area contributed by atoms with Crippen molar-refractivity contribution in [2.45, 2.75) is 26.7 Å². The zero-order valence-electron chi connectivity index (χ0n) is 13.7. The Labute approximate surface area is 138 Å². The Morgan fingerprint density at radius 3 is 2.48 bits per heavy atom. The van der Waals surface area contributed by atoms with Crippen molar-refractivity contribution in [3.63, 3.8) is 0 Å². The van der Waals surface area contributed by atoms with Crippen LogP contribution in [0.3, 0.4) is 0 Å². The zero-order valence-corrected chi connectivity index (χ0v) is 13.7. The summed E-state index contributed by atoms with van der Waals surface area (Å²) < 4.78 is 0. The van der Waals surface area contributed by atoms with Gasteiger partial charge in [0.25, 0.3) is 0 Å². The van der Waals surface area contributed by atoms with Crippen LogP contribution in [0.15, 0.2) is 60.2 Å². The molecule has 23 heavy (non-hydrogen) atoms. The summed E-state index contributed by atoms with van der Waals surface area (Å²) in [5, 5.41) is 19.2. The summed E-state index contributed by atoms with van der Waals surface area (Å²) in [4.78, 5) is 0. The minimum Gasteiger partial charge on any atom is -0.508 e. The Bertz CT molecular complexity index is 791. The summed E-state index contributed by atoms with van der Waals surface area (Å²) in [6, 6.07) is 17.4. The predicted molar refractivity (Wildman–Crippen MR) is 95.9 cm³/mol. The van der Waals surface area contributed by atoms with Gasteiger partial charge in [-0.15, -0.1) is 0 Å². The van der Waals surface area contributed by atoms with E-state index in [4.69, 9.17) is 0 Å². The lowest BCUT2D eigenvalue weighted by atomic mass is 9.88. The van der Waals surface area contributed by atoms with Gasteiger partial charge in [0.2, 0.25) is 0 Å². The molecule has 2 aromatic rings. The molecular formula is C21H21NO. The number of hydrogen-bond acceptors (Lipinski definition) is 2. The molecule has 0 radical (unpaired) electrons. The van der Waals surface area contributed by atoms with Crippen molar-refractivity contribution in [2.24, 2.45) is 0 Å². The van der Waals surface area contributed by atoms with E-state index in [0.29, 0.717) is 11.5 Å². The summed E-state index contributed by atoms with van der Waals surface area (Å²) in [5.41, 5.74) is 4.62. The van der Waals surface area contributed by atoms with Crippen molar-refractivity contribution in [3.05, 3.63) is 76.9 Å². The van der Waals surface area contributed by atoms with E-state index in [1.165, 1.54) is 5.56 Å². The van der Waals surface area contributed by atoms with Gasteiger partial charge in [0.05, 0.1) is 11.6 Å². The molecule has 0 atom stereocenters. The van der Waals surface area contributed by atoms with Crippen LogP contribution in [0.5, 0.6) is 5.75 Å². The second-order valence-electron chi connectivity index (χ2n) is 5.71. The van der Waals surface area contributed by atoms with E-state index in [1.54, 1.807) is 18.2 Å². The third-order valence-electron chi connectivity index (χ3n) is 3.75. The first-order valence-electron chi connectivity index (χ1n) is 7.73. The average Bonchev–Trinajstić information content (AvgIpc) is 2.55. The lowest BCUT2D eigenvalue weighted by Crippen LogP contribution is -1.97. The van der Waals surface area contributed by atoms with Crippen molar-refractivity contribution >= 4 is 11.6 Å². The molecule has 0 aliphatic heterocycles. The fourth-order valence-electron chi connectivity index (χ4n) is 2.65. The smallest absolute Gasteiger partial charge is 0.116 e. The standard InChI is InChI=1S/C21H21NO/c1-4-19(21-11-6-5-10-20(21)15(2)3)17(14-22)12-16-8-7-9-18(23)13-16/h4-13,15,23H,1-3H3/b17-12+,19-4-. The lowest BCUT2D eigenvalue weighted by molar-refractivity contribution is 0.475. The maximum absolute atomic E-state index is 9.63. The van der Waals surface area contributed by atoms with E-state index in [0.717, 1.165) is 16.7 Å². The van der Waals surface area contributed by atoms with Crippen LogP contribution in [0.4, 0.5) is 0 Å². The van der Waals surface area contributed by atoms with Gasteiger partial charge in [-0.1, -0.05) is 56.3 Å². The van der Waals surface area contributed by atoms with Gasteiger partial charge in [-0.05, 0) is 53.3 Å². The molecule has 0 heterocycles. The minimum absolute atomic E-state index is 0.195. The van der Waals surface area contributed by atoms with E-state index in [1.807, 2.05) is 37.3 Å². The van der Waals surface area contributed by atoms with E-state index >= 15 is 0 Å². The number of phenols is 1. The first-order valence-corrected chi connectivity index (χ1v) is 7.73. The van der Waals surface area contributed by atoms with Gasteiger partial charge < -0.3 is 5.11 Å². The highest BCUT2D eigenvalue weighted by Gasteiger charge is 2.13. The molecule has 0 spiro atoms. The summed E-state index contributed by atoms with van der Waals surface area (Å²) in [7, 11) is 0. The maximum Gasteiger partial charge on any atom is 0.116 e. The second-order valence-corrected chi connectivity index (χ2v) is 5.71. The van der Waals surface area contributed by atoms with Crippen LogP contribution in [0.2, 0.25) is 0 Å². The number of phenolic OH excluding ortho intramolecular Hbond substituents is 1. The van der Waals surface area contributed by atoms with Crippen molar-refractivity contribution in [3.8, 4) is 11.8 Å². The third-order valence-corrected chi connectivity index (χ3v) is 3.75. The molecule has 116 valence electrons. The number of rotatable bonds is 4. The van der Waals surface area contributed by atoms with Crippen LogP contribution < -0.4 is 0 Å². The Balaban J connectivity index is 2.54. The minimum atomic E-state index is 0.195. The van der Waals surface area contributed by atoms with E-state index in [-0.39, 0.29) is 5.75 Å². The van der Waals surface area contributed by atoms with Crippen LogP contribution in [0.25, 0.3) is 11.6 Å². The van der Waals surface area contributed by atoms with Gasteiger partial charge in [0.15, 0.2) is 0 Å². The molecule has 0 bridgehead atoms.